The van der Waals surface area contributed by atoms with E-state index in [1.54, 1.807) is 21.1 Å². The summed E-state index contributed by atoms with van der Waals surface area (Å²) >= 11 is 0. The van der Waals surface area contributed by atoms with Crippen LogP contribution in [0.3, 0.4) is 0 Å². The summed E-state index contributed by atoms with van der Waals surface area (Å²) in [5.74, 6) is -1.83. The number of nitrogens with zero attached hydrogens (tertiary/aromatic N) is 1. The molecule has 8 heteroatoms. The van der Waals surface area contributed by atoms with Gasteiger partial charge in [0.05, 0.1) is 40.3 Å². The SMILES string of the molecule is CC/C=C/C/C=C/C/C=C/C/C=C/C/C=C/CCCCCC(=O)OCC(COCCC(C(=O)[O-])[N+](C)(C)C)OC(=O)CCCCCCC/C=C/C=C/C=C/C=C/C=C/CCC. The molecule has 0 N–H and O–H groups in total. The van der Waals surface area contributed by atoms with E-state index in [0.29, 0.717) is 6.42 Å². The van der Waals surface area contributed by atoms with Crippen molar-refractivity contribution in [3.05, 3.63) is 122 Å². The maximum Gasteiger partial charge on any atom is 0.306 e. The number of likely N-dealkylation sites (N-methyl/N-ethyl adjacent to an activating group) is 1. The van der Waals surface area contributed by atoms with Crippen molar-refractivity contribution in [2.45, 2.75) is 154 Å². The van der Waals surface area contributed by atoms with Gasteiger partial charge in [-0.1, -0.05) is 167 Å². The Kier molecular flexibility index (Phi) is 39.5. The molecule has 8 nitrogen and oxygen atoms in total. The third-order valence-corrected chi connectivity index (χ3v) is 9.44. The number of carboxylic acid groups (broad SMARTS) is 1. The minimum Gasteiger partial charge on any atom is -0.544 e. The molecule has 342 valence electrons. The number of allylic oxidation sites excluding steroid dienone is 20. The highest BCUT2D eigenvalue weighted by molar-refractivity contribution is 5.70. The summed E-state index contributed by atoms with van der Waals surface area (Å²) in [6.07, 6.45) is 59.3. The molecule has 0 saturated carbocycles. The summed E-state index contributed by atoms with van der Waals surface area (Å²) in [5.41, 5.74) is 0. The minimum atomic E-state index is -1.14. The Hall–Kier alpha value is -4.27. The second kappa shape index (κ2) is 42.4. The molecule has 0 radical (unpaired) electrons. The van der Waals surface area contributed by atoms with Gasteiger partial charge < -0.3 is 28.6 Å². The van der Waals surface area contributed by atoms with Gasteiger partial charge in [-0.05, 0) is 77.0 Å². The summed E-state index contributed by atoms with van der Waals surface area (Å²) < 4.78 is 17.1. The molecule has 0 spiro atoms. The maximum absolute atomic E-state index is 12.7. The van der Waals surface area contributed by atoms with Gasteiger partial charge in [-0.25, -0.2) is 0 Å². The maximum atomic E-state index is 12.7. The molecular formula is C53H83NO7. The van der Waals surface area contributed by atoms with Gasteiger partial charge in [0, 0.05) is 19.3 Å². The summed E-state index contributed by atoms with van der Waals surface area (Å²) in [6.45, 7) is 4.37. The third kappa shape index (κ3) is 40.9. The molecule has 2 atom stereocenters. The summed E-state index contributed by atoms with van der Waals surface area (Å²) in [5, 5.41) is 11.6. The normalized spacial score (nSPS) is 14.0. The Bertz CT molecular complexity index is 1400. The molecule has 0 saturated heterocycles. The highest BCUT2D eigenvalue weighted by Gasteiger charge is 2.25. The lowest BCUT2D eigenvalue weighted by Crippen LogP contribution is -2.55. The fraction of sp³-hybridized carbons (Fsp3) is 0.566. The fourth-order valence-corrected chi connectivity index (χ4v) is 5.89. The predicted molar refractivity (Wildman–Crippen MR) is 254 cm³/mol. The first-order valence-electron chi connectivity index (χ1n) is 23.1. The zero-order chi connectivity index (χ0) is 44.9. The van der Waals surface area contributed by atoms with Crippen LogP contribution in [-0.4, -0.2) is 75.5 Å². The Balaban J connectivity index is 4.48. The van der Waals surface area contributed by atoms with Gasteiger partial charge in [0.25, 0.3) is 0 Å². The number of carbonyl (C=O) groups excluding carboxylic acids is 3. The Morgan fingerprint density at radius 3 is 1.52 bits per heavy atom. The van der Waals surface area contributed by atoms with Crippen LogP contribution in [0, 0.1) is 0 Å². The van der Waals surface area contributed by atoms with Gasteiger partial charge in [0.1, 0.15) is 12.6 Å². The second-order valence-electron chi connectivity index (χ2n) is 16.0. The molecule has 0 fully saturated rings. The zero-order valence-corrected chi connectivity index (χ0v) is 38.8. The fourth-order valence-electron chi connectivity index (χ4n) is 5.89. The number of esters is 2. The number of carboxylic acids is 1. The molecule has 0 heterocycles. The smallest absolute Gasteiger partial charge is 0.306 e. The first-order valence-corrected chi connectivity index (χ1v) is 23.1. The molecule has 61 heavy (non-hydrogen) atoms. The van der Waals surface area contributed by atoms with Crippen LogP contribution in [0.2, 0.25) is 0 Å². The number of rotatable bonds is 39. The number of carbonyl (C=O) groups is 3. The van der Waals surface area contributed by atoms with Crippen molar-refractivity contribution in [1.29, 1.82) is 0 Å². The van der Waals surface area contributed by atoms with E-state index in [1.807, 2.05) is 36.5 Å². The Morgan fingerprint density at radius 2 is 0.984 bits per heavy atom. The standard InChI is InChI=1S/C53H83NO7/c1-6-8-10-12-14-16-18-20-22-24-26-28-29-31-33-35-37-39-41-43-51(55)60-48-49(47-59-46-45-50(53(57)58)54(3,4)5)61-52(56)44-42-40-38-36-34-32-30-27-25-23-21-19-17-15-13-11-9-7-2/h8,10-11,13-17,19-23,25-28,30-31,33,49-50H,6-7,9,12,18,24,29,32,34-48H2,1-5H3/b10-8+,13-11+,16-14+,17-15+,21-19+,22-20+,25-23+,28-26+,30-27+,33-31+. The molecule has 0 aliphatic rings. The van der Waals surface area contributed by atoms with Crippen LogP contribution >= 0.6 is 0 Å². The van der Waals surface area contributed by atoms with Gasteiger partial charge in [-0.3, -0.25) is 9.59 Å². The van der Waals surface area contributed by atoms with Gasteiger partial charge in [-0.15, -0.1) is 0 Å². The molecular weight excluding hydrogens is 763 g/mol. The summed E-state index contributed by atoms with van der Waals surface area (Å²) in [6, 6.07) is -0.745. The first-order chi connectivity index (χ1) is 29.6. The van der Waals surface area contributed by atoms with Crippen LogP contribution in [0.1, 0.15) is 142 Å². The number of quaternary nitrogens is 1. The second-order valence-corrected chi connectivity index (χ2v) is 16.0. The van der Waals surface area contributed by atoms with E-state index in [-0.39, 0.29) is 49.1 Å². The minimum absolute atomic E-state index is 0.00986. The highest BCUT2D eigenvalue weighted by atomic mass is 16.6. The van der Waals surface area contributed by atoms with Crippen LogP contribution in [0.25, 0.3) is 0 Å². The molecule has 0 rings (SSSR count). The monoisotopic (exact) mass is 846 g/mol. The number of hydrogen-bond acceptors (Lipinski definition) is 7. The van der Waals surface area contributed by atoms with E-state index in [2.05, 4.69) is 98.9 Å². The van der Waals surface area contributed by atoms with E-state index < -0.39 is 18.1 Å². The first kappa shape index (κ1) is 56.7. The van der Waals surface area contributed by atoms with Crippen molar-refractivity contribution in [3.8, 4) is 0 Å². The molecule has 0 bridgehead atoms. The largest absolute Gasteiger partial charge is 0.544 e. The molecule has 2 unspecified atom stereocenters. The predicted octanol–water partition coefficient (Wildman–Crippen LogP) is 11.7. The van der Waals surface area contributed by atoms with Crippen LogP contribution in [0.15, 0.2) is 122 Å². The van der Waals surface area contributed by atoms with E-state index in [0.717, 1.165) is 103 Å². The van der Waals surface area contributed by atoms with E-state index in [1.165, 1.54) is 6.42 Å². The van der Waals surface area contributed by atoms with Gasteiger partial charge in [0.15, 0.2) is 6.10 Å². The van der Waals surface area contributed by atoms with E-state index >= 15 is 0 Å². The Labute approximate surface area is 371 Å². The van der Waals surface area contributed by atoms with Crippen LogP contribution < -0.4 is 5.11 Å². The molecule has 0 aromatic carbocycles. The molecule has 0 amide bonds. The van der Waals surface area contributed by atoms with Crippen molar-refractivity contribution >= 4 is 17.9 Å². The lowest BCUT2D eigenvalue weighted by Gasteiger charge is -2.34. The molecule has 0 aromatic heterocycles. The van der Waals surface area contributed by atoms with Crippen LogP contribution in [0.4, 0.5) is 0 Å². The molecule has 0 aliphatic heterocycles. The summed E-state index contributed by atoms with van der Waals surface area (Å²) in [7, 11) is 5.37. The third-order valence-electron chi connectivity index (χ3n) is 9.44. The van der Waals surface area contributed by atoms with E-state index in [9.17, 15) is 19.5 Å². The van der Waals surface area contributed by atoms with Crippen LogP contribution in [0.5, 0.6) is 0 Å². The van der Waals surface area contributed by atoms with Crippen molar-refractivity contribution < 1.29 is 38.2 Å². The number of ether oxygens (including phenoxy) is 3. The quantitative estimate of drug-likeness (QED) is 0.0200. The van der Waals surface area contributed by atoms with Gasteiger partial charge in [-0.2, -0.15) is 0 Å². The van der Waals surface area contributed by atoms with Crippen molar-refractivity contribution in [1.82, 2.24) is 0 Å². The number of unbranched alkanes of at least 4 members (excludes halogenated alkanes) is 9. The van der Waals surface area contributed by atoms with Crippen molar-refractivity contribution in [2.75, 3.05) is 41.0 Å². The van der Waals surface area contributed by atoms with Crippen molar-refractivity contribution in [2.24, 2.45) is 0 Å². The Morgan fingerprint density at radius 1 is 0.525 bits per heavy atom. The number of hydrogen-bond donors (Lipinski definition) is 0. The average molecular weight is 846 g/mol. The average Bonchev–Trinajstić information content (AvgIpc) is 3.22. The van der Waals surface area contributed by atoms with Crippen molar-refractivity contribution in [3.63, 3.8) is 0 Å². The number of aliphatic carboxylic acids is 1. The lowest BCUT2D eigenvalue weighted by atomic mass is 10.1. The van der Waals surface area contributed by atoms with Gasteiger partial charge >= 0.3 is 11.9 Å². The summed E-state index contributed by atoms with van der Waals surface area (Å²) in [4.78, 5) is 36.9. The highest BCUT2D eigenvalue weighted by Crippen LogP contribution is 2.12. The zero-order valence-electron chi connectivity index (χ0n) is 38.8. The molecule has 0 aromatic rings. The van der Waals surface area contributed by atoms with Gasteiger partial charge in [0.2, 0.25) is 0 Å². The lowest BCUT2D eigenvalue weighted by molar-refractivity contribution is -0.889. The molecule has 0 aliphatic carbocycles. The topological polar surface area (TPSA) is 102 Å². The van der Waals surface area contributed by atoms with Crippen LogP contribution in [-0.2, 0) is 28.6 Å². The van der Waals surface area contributed by atoms with E-state index in [4.69, 9.17) is 14.2 Å².